The Hall–Kier alpha value is -1.52. The van der Waals surface area contributed by atoms with Crippen LogP contribution in [0.15, 0.2) is 12.7 Å². The Morgan fingerprint density at radius 1 is 1.04 bits per heavy atom. The summed E-state index contributed by atoms with van der Waals surface area (Å²) in [4.78, 5) is 22.2. The highest BCUT2D eigenvalue weighted by Gasteiger charge is 2.26. The van der Waals surface area contributed by atoms with E-state index in [4.69, 9.17) is 25.9 Å². The number of amides is 2. The van der Waals surface area contributed by atoms with E-state index in [0.29, 0.717) is 26.1 Å². The topological polar surface area (TPSA) is 138 Å². The van der Waals surface area contributed by atoms with E-state index in [9.17, 15) is 9.59 Å². The Balaban J connectivity index is 4.27. The lowest BCUT2D eigenvalue weighted by Crippen LogP contribution is -2.36. The van der Waals surface area contributed by atoms with Gasteiger partial charge in [0.1, 0.15) is 6.61 Å². The molecule has 0 saturated heterocycles. The third-order valence-corrected chi connectivity index (χ3v) is 4.32. The lowest BCUT2D eigenvalue weighted by Gasteiger charge is -2.32. The summed E-state index contributed by atoms with van der Waals surface area (Å²) in [7, 11) is 0. The summed E-state index contributed by atoms with van der Waals surface area (Å²) in [6, 6.07) is 0. The second kappa shape index (κ2) is 12.8. The fourth-order valence-corrected chi connectivity index (χ4v) is 2.03. The van der Waals surface area contributed by atoms with Gasteiger partial charge in [-0.1, -0.05) is 13.0 Å². The van der Waals surface area contributed by atoms with E-state index in [1.54, 1.807) is 6.08 Å². The number of ether oxygens (including phenoxy) is 3. The van der Waals surface area contributed by atoms with Crippen molar-refractivity contribution in [2.24, 2.45) is 11.7 Å². The van der Waals surface area contributed by atoms with Crippen LogP contribution in [0.3, 0.4) is 0 Å². The van der Waals surface area contributed by atoms with Gasteiger partial charge in [-0.25, -0.2) is 11.7 Å². The molecule has 26 heavy (non-hydrogen) atoms. The van der Waals surface area contributed by atoms with Crippen LogP contribution in [-0.2, 0) is 23.8 Å². The predicted octanol–water partition coefficient (Wildman–Crippen LogP) is 0.300. The van der Waals surface area contributed by atoms with Crippen LogP contribution in [0, 0.1) is 0 Å². The van der Waals surface area contributed by atoms with E-state index in [0.717, 1.165) is 6.42 Å². The van der Waals surface area contributed by atoms with Gasteiger partial charge in [-0.2, -0.15) is 0 Å². The van der Waals surface area contributed by atoms with Gasteiger partial charge in [-0.15, -0.1) is 6.58 Å². The number of nitrogens with one attached hydrogen (secondary N) is 2. The molecule has 2 amide bonds. The molecule has 6 N–H and O–H groups in total. The highest BCUT2D eigenvalue weighted by atomic mass is 16.5. The average molecular weight is 374 g/mol. The zero-order chi connectivity index (χ0) is 20.1. The predicted molar refractivity (Wildman–Crippen MR) is 98.5 cm³/mol. The molecule has 0 aromatic rings. The fraction of sp³-hybridized carbons (Fsp3) is 0.765. The maximum Gasteiger partial charge on any atom is 0.259 e. The minimum absolute atomic E-state index is 0.0744. The number of rotatable bonds is 15. The number of hydrogen-bond donors (Lipinski definition) is 4. The normalized spacial score (nSPS) is 15.6. The van der Waals surface area contributed by atoms with Crippen molar-refractivity contribution in [3.8, 4) is 0 Å². The summed E-state index contributed by atoms with van der Waals surface area (Å²) in [5, 5.41) is 0. The molecule has 0 aliphatic rings. The Labute approximate surface area is 155 Å². The maximum absolute atomic E-state index is 11.1. The molecule has 0 saturated carbocycles. The molecule has 0 radical (unpaired) electrons. The Kier molecular flexibility index (Phi) is 12.0. The molecule has 0 aromatic heterocycles. The number of nitrogens with two attached hydrogens (primary N) is 2. The highest BCUT2D eigenvalue weighted by Crippen LogP contribution is 2.23. The summed E-state index contributed by atoms with van der Waals surface area (Å²) in [5.41, 5.74) is 3.10. The molecule has 2 atom stereocenters. The Morgan fingerprint density at radius 3 is 2.23 bits per heavy atom. The molecule has 0 bridgehead atoms. The van der Waals surface area contributed by atoms with Crippen molar-refractivity contribution < 1.29 is 23.8 Å². The van der Waals surface area contributed by atoms with Crippen molar-refractivity contribution in [1.29, 1.82) is 0 Å². The lowest BCUT2D eigenvalue weighted by molar-refractivity contribution is -0.127. The van der Waals surface area contributed by atoms with E-state index in [1.807, 2.05) is 26.2 Å². The molecular weight excluding hydrogens is 340 g/mol. The zero-order valence-corrected chi connectivity index (χ0v) is 16.1. The Morgan fingerprint density at radius 2 is 1.69 bits per heavy atom. The van der Waals surface area contributed by atoms with E-state index in [2.05, 4.69) is 12.0 Å². The van der Waals surface area contributed by atoms with E-state index in [-0.39, 0.29) is 37.0 Å². The lowest BCUT2D eigenvalue weighted by atomic mass is 9.98. The van der Waals surface area contributed by atoms with Crippen LogP contribution in [0.2, 0.25) is 0 Å². The first-order valence-electron chi connectivity index (χ1n) is 8.72. The second-order valence-electron chi connectivity index (χ2n) is 6.45. The molecule has 2 unspecified atom stereocenters. The van der Waals surface area contributed by atoms with E-state index in [1.165, 1.54) is 0 Å². The monoisotopic (exact) mass is 374 g/mol. The number of hydrazine groups is 2. The molecular formula is C17H34N4O5. The number of carbonyl (C=O) groups excluding carboxylic acids is 2. The van der Waals surface area contributed by atoms with Crippen molar-refractivity contribution in [1.82, 2.24) is 10.9 Å². The van der Waals surface area contributed by atoms with Crippen molar-refractivity contribution in [2.45, 2.75) is 57.7 Å². The first-order valence-corrected chi connectivity index (χ1v) is 8.72. The van der Waals surface area contributed by atoms with Crippen LogP contribution in [0.25, 0.3) is 0 Å². The van der Waals surface area contributed by atoms with E-state index >= 15 is 0 Å². The van der Waals surface area contributed by atoms with Gasteiger partial charge in [-0.3, -0.25) is 20.4 Å². The third kappa shape index (κ3) is 10.5. The highest BCUT2D eigenvalue weighted by molar-refractivity contribution is 5.76. The molecule has 0 fully saturated rings. The second-order valence-corrected chi connectivity index (χ2v) is 6.45. The molecule has 0 heterocycles. The summed E-state index contributed by atoms with van der Waals surface area (Å²) in [6.45, 7) is 10.7. The standard InChI is InChI=1S/C17H34N4O5/c1-5-16(3,8-11-24-13-15(23)21-19)26-12-9-17(4,6-2)25-10-7-14(22)20-18/h6H,2,5,7-13,18-19H2,1,3-4H3,(H,20,22)(H,21,23). The van der Waals surface area contributed by atoms with Crippen LogP contribution in [0.5, 0.6) is 0 Å². The van der Waals surface area contributed by atoms with Gasteiger partial charge in [0.25, 0.3) is 5.91 Å². The van der Waals surface area contributed by atoms with Crippen LogP contribution < -0.4 is 22.5 Å². The first-order chi connectivity index (χ1) is 12.2. The van der Waals surface area contributed by atoms with Crippen LogP contribution in [0.4, 0.5) is 0 Å². The minimum atomic E-state index is -0.598. The van der Waals surface area contributed by atoms with Gasteiger partial charge in [-0.05, 0) is 26.7 Å². The van der Waals surface area contributed by atoms with E-state index < -0.39 is 5.60 Å². The number of hydrogen-bond acceptors (Lipinski definition) is 7. The smallest absolute Gasteiger partial charge is 0.259 e. The average Bonchev–Trinajstić information content (AvgIpc) is 2.64. The molecule has 0 aromatic carbocycles. The molecule has 0 rings (SSSR count). The molecule has 0 spiro atoms. The fourth-order valence-electron chi connectivity index (χ4n) is 2.03. The van der Waals surface area contributed by atoms with Crippen LogP contribution in [-0.4, -0.2) is 49.4 Å². The van der Waals surface area contributed by atoms with Gasteiger partial charge >= 0.3 is 0 Å². The van der Waals surface area contributed by atoms with Crippen LogP contribution >= 0.6 is 0 Å². The van der Waals surface area contributed by atoms with Gasteiger partial charge in [0.05, 0.1) is 30.8 Å². The third-order valence-electron chi connectivity index (χ3n) is 4.32. The maximum atomic E-state index is 11.1. The van der Waals surface area contributed by atoms with Crippen LogP contribution in [0.1, 0.15) is 46.5 Å². The van der Waals surface area contributed by atoms with Crippen molar-refractivity contribution in [2.75, 3.05) is 26.4 Å². The van der Waals surface area contributed by atoms with Gasteiger partial charge in [0.15, 0.2) is 0 Å². The summed E-state index contributed by atoms with van der Waals surface area (Å²) >= 11 is 0. The number of carbonyl (C=O) groups is 2. The molecule has 0 aliphatic carbocycles. The van der Waals surface area contributed by atoms with Crippen molar-refractivity contribution in [3.63, 3.8) is 0 Å². The van der Waals surface area contributed by atoms with Crippen molar-refractivity contribution >= 4 is 11.8 Å². The summed E-state index contributed by atoms with van der Waals surface area (Å²) < 4.78 is 17.0. The molecule has 152 valence electrons. The summed E-state index contributed by atoms with van der Waals surface area (Å²) in [5.74, 6) is 9.38. The molecule has 9 nitrogen and oxygen atoms in total. The largest absolute Gasteiger partial charge is 0.375 e. The summed E-state index contributed by atoms with van der Waals surface area (Å²) in [6.07, 6.45) is 3.91. The molecule has 9 heteroatoms. The zero-order valence-electron chi connectivity index (χ0n) is 16.1. The van der Waals surface area contributed by atoms with Crippen molar-refractivity contribution in [3.05, 3.63) is 12.7 Å². The SMILES string of the molecule is C=CC(C)(CCOC(C)(CC)CCOCC(=O)NN)OCCC(=O)NN. The first kappa shape index (κ1) is 24.5. The van der Waals surface area contributed by atoms with Gasteiger partial charge in [0.2, 0.25) is 5.91 Å². The van der Waals surface area contributed by atoms with Gasteiger partial charge in [0, 0.05) is 13.0 Å². The Bertz CT molecular complexity index is 449. The molecule has 0 aliphatic heterocycles. The minimum Gasteiger partial charge on any atom is -0.375 e. The quantitative estimate of drug-likeness (QED) is 0.106. The van der Waals surface area contributed by atoms with Gasteiger partial charge < -0.3 is 14.2 Å².